The molecule has 1 saturated heterocycles. The smallest absolute Gasteiger partial charge is 0.248 e. The van der Waals surface area contributed by atoms with E-state index >= 15 is 0 Å². The van der Waals surface area contributed by atoms with Crippen LogP contribution in [0.25, 0.3) is 11.3 Å². The highest BCUT2D eigenvalue weighted by Gasteiger charge is 2.27. The molecule has 7 heteroatoms. The zero-order chi connectivity index (χ0) is 19.2. The Kier molecular flexibility index (Phi) is 6.13. The van der Waals surface area contributed by atoms with Crippen molar-refractivity contribution in [3.05, 3.63) is 42.4 Å². The summed E-state index contributed by atoms with van der Waals surface area (Å²) in [4.78, 5) is 34.5. The molecule has 0 spiro atoms. The molecule has 142 valence electrons. The van der Waals surface area contributed by atoms with Crippen LogP contribution in [-0.2, 0) is 14.3 Å². The van der Waals surface area contributed by atoms with Crippen molar-refractivity contribution in [2.75, 3.05) is 32.1 Å². The predicted molar refractivity (Wildman–Crippen MR) is 102 cm³/mol. The lowest BCUT2D eigenvalue weighted by molar-refractivity contribution is -0.136. The van der Waals surface area contributed by atoms with Crippen molar-refractivity contribution in [3.8, 4) is 11.3 Å². The maximum absolute atomic E-state index is 12.2. The number of hydrogen-bond donors (Lipinski definition) is 1. The molecule has 1 atom stereocenters. The number of nitrogens with one attached hydrogen (secondary N) is 1. The quantitative estimate of drug-likeness (QED) is 0.876. The molecule has 1 aliphatic heterocycles. The Balaban J connectivity index is 1.88. The second-order valence-electron chi connectivity index (χ2n) is 6.66. The molecule has 2 heterocycles. The summed E-state index contributed by atoms with van der Waals surface area (Å²) >= 11 is 0. The number of methoxy groups -OCH3 is 1. The summed E-state index contributed by atoms with van der Waals surface area (Å²) in [5, 5.41) is 2.80. The molecule has 27 heavy (non-hydrogen) atoms. The van der Waals surface area contributed by atoms with Gasteiger partial charge in [-0.1, -0.05) is 12.1 Å². The maximum atomic E-state index is 12.2. The second-order valence-corrected chi connectivity index (χ2v) is 6.66. The molecule has 2 aromatic rings. The van der Waals surface area contributed by atoms with Crippen LogP contribution in [0.2, 0.25) is 0 Å². The van der Waals surface area contributed by atoms with Gasteiger partial charge in [0.05, 0.1) is 11.4 Å². The number of likely N-dealkylation sites (tertiary alicyclic amines) is 1. The number of benzene rings is 1. The number of hydrogen-bond acceptors (Lipinski definition) is 5. The summed E-state index contributed by atoms with van der Waals surface area (Å²) < 4.78 is 4.98. The van der Waals surface area contributed by atoms with Gasteiger partial charge in [0.15, 0.2) is 0 Å². The fourth-order valence-corrected chi connectivity index (χ4v) is 3.46. The van der Waals surface area contributed by atoms with Crippen molar-refractivity contribution in [3.63, 3.8) is 0 Å². The van der Waals surface area contributed by atoms with Crippen molar-refractivity contribution in [2.45, 2.75) is 25.7 Å². The Morgan fingerprint density at radius 3 is 2.89 bits per heavy atom. The molecule has 2 amide bonds. The van der Waals surface area contributed by atoms with Gasteiger partial charge in [-0.25, -0.2) is 0 Å². The highest BCUT2D eigenvalue weighted by Crippen LogP contribution is 2.32. The zero-order valence-corrected chi connectivity index (χ0v) is 15.6. The summed E-state index contributed by atoms with van der Waals surface area (Å²) in [6, 6.07) is 7.57. The highest BCUT2D eigenvalue weighted by atomic mass is 16.5. The number of carbonyl (C=O) groups excluding carboxylic acids is 2. The molecule has 1 aromatic heterocycles. The molecule has 0 unspecified atom stereocenters. The second kappa shape index (κ2) is 8.73. The topological polar surface area (TPSA) is 84.4 Å². The molecular formula is C20H24N4O3. The van der Waals surface area contributed by atoms with Crippen LogP contribution in [0.15, 0.2) is 36.7 Å². The molecule has 1 N–H and O–H groups in total. The number of ether oxygens (including phenoxy) is 1. The lowest BCUT2D eigenvalue weighted by Gasteiger charge is -2.33. The minimum absolute atomic E-state index is 0.000274. The van der Waals surface area contributed by atoms with Crippen LogP contribution in [0.5, 0.6) is 0 Å². The summed E-state index contributed by atoms with van der Waals surface area (Å²) in [7, 11) is 1.53. The first-order valence-electron chi connectivity index (χ1n) is 9.04. The minimum Gasteiger partial charge on any atom is -0.375 e. The molecule has 7 nitrogen and oxygen atoms in total. The molecule has 1 aliphatic rings. The number of piperidine rings is 1. The summed E-state index contributed by atoms with van der Waals surface area (Å²) in [5.41, 5.74) is 3.28. The van der Waals surface area contributed by atoms with E-state index < -0.39 is 0 Å². The van der Waals surface area contributed by atoms with Gasteiger partial charge in [0.25, 0.3) is 0 Å². The first-order valence-corrected chi connectivity index (χ1v) is 9.04. The number of anilines is 1. The maximum Gasteiger partial charge on any atom is 0.248 e. The van der Waals surface area contributed by atoms with E-state index in [1.807, 2.05) is 29.2 Å². The average molecular weight is 368 g/mol. The average Bonchev–Trinajstić information content (AvgIpc) is 2.68. The summed E-state index contributed by atoms with van der Waals surface area (Å²) in [6.45, 7) is 2.93. The van der Waals surface area contributed by atoms with E-state index in [2.05, 4.69) is 15.3 Å². The van der Waals surface area contributed by atoms with E-state index in [1.165, 1.54) is 14.0 Å². The van der Waals surface area contributed by atoms with Gasteiger partial charge < -0.3 is 15.0 Å². The van der Waals surface area contributed by atoms with Crippen LogP contribution < -0.4 is 5.32 Å². The third-order valence-electron chi connectivity index (χ3n) is 4.61. The van der Waals surface area contributed by atoms with E-state index in [1.54, 1.807) is 12.4 Å². The molecule has 1 aromatic carbocycles. The Labute approximate surface area is 158 Å². The van der Waals surface area contributed by atoms with Crippen LogP contribution >= 0.6 is 0 Å². The fraction of sp³-hybridized carbons (Fsp3) is 0.400. The molecule has 0 aliphatic carbocycles. The molecule has 3 rings (SSSR count). The lowest BCUT2D eigenvalue weighted by atomic mass is 9.91. The van der Waals surface area contributed by atoms with Gasteiger partial charge in [-0.15, -0.1) is 0 Å². The lowest BCUT2D eigenvalue weighted by Crippen LogP contribution is -2.41. The van der Waals surface area contributed by atoms with Crippen molar-refractivity contribution >= 4 is 17.5 Å². The Bertz CT molecular complexity index is 824. The number of amides is 2. The van der Waals surface area contributed by atoms with Crippen LogP contribution in [0.1, 0.15) is 31.4 Å². The van der Waals surface area contributed by atoms with E-state index in [9.17, 15) is 9.59 Å². The van der Waals surface area contributed by atoms with Crippen molar-refractivity contribution in [1.82, 2.24) is 14.9 Å². The van der Waals surface area contributed by atoms with E-state index in [0.29, 0.717) is 6.54 Å². The molecule has 0 bridgehead atoms. The Morgan fingerprint density at radius 2 is 2.11 bits per heavy atom. The first-order chi connectivity index (χ1) is 13.1. The number of nitrogens with zero attached hydrogens (tertiary/aromatic N) is 3. The Morgan fingerprint density at radius 1 is 1.30 bits per heavy atom. The van der Waals surface area contributed by atoms with Gasteiger partial charge in [0, 0.05) is 56.7 Å². The largest absolute Gasteiger partial charge is 0.375 e. The van der Waals surface area contributed by atoms with Gasteiger partial charge in [0.2, 0.25) is 11.8 Å². The van der Waals surface area contributed by atoms with Crippen molar-refractivity contribution < 1.29 is 14.3 Å². The van der Waals surface area contributed by atoms with Crippen molar-refractivity contribution in [1.29, 1.82) is 0 Å². The summed E-state index contributed by atoms with van der Waals surface area (Å²) in [5.74, 6) is -0.000860. The van der Waals surface area contributed by atoms with Gasteiger partial charge in [0.1, 0.15) is 6.61 Å². The van der Waals surface area contributed by atoms with Crippen molar-refractivity contribution in [2.24, 2.45) is 0 Å². The Hall–Kier alpha value is -2.80. The van der Waals surface area contributed by atoms with Crippen LogP contribution in [0, 0.1) is 0 Å². The molecule has 1 fully saturated rings. The molecule has 0 radical (unpaired) electrons. The monoisotopic (exact) mass is 368 g/mol. The van der Waals surface area contributed by atoms with Gasteiger partial charge in [-0.2, -0.15) is 0 Å². The zero-order valence-electron chi connectivity index (χ0n) is 15.6. The SMILES string of the molecule is COCC(=O)N1CCC[C@H](c2nccnc2-c2cccc(NC(C)=O)c2)C1. The normalized spacial score (nSPS) is 16.8. The highest BCUT2D eigenvalue weighted by molar-refractivity contribution is 5.89. The van der Waals surface area contributed by atoms with Gasteiger partial charge in [-0.05, 0) is 25.0 Å². The number of rotatable bonds is 5. The van der Waals surface area contributed by atoms with E-state index in [4.69, 9.17) is 4.74 Å². The number of carbonyl (C=O) groups is 2. The predicted octanol–water partition coefficient (Wildman–Crippen LogP) is 2.45. The number of aromatic nitrogens is 2. The molecular weight excluding hydrogens is 344 g/mol. The fourth-order valence-electron chi connectivity index (χ4n) is 3.46. The van der Waals surface area contributed by atoms with Crippen LogP contribution in [0.3, 0.4) is 0 Å². The third kappa shape index (κ3) is 4.68. The van der Waals surface area contributed by atoms with Gasteiger partial charge >= 0.3 is 0 Å². The van der Waals surface area contributed by atoms with E-state index in [0.717, 1.165) is 42.0 Å². The third-order valence-corrected chi connectivity index (χ3v) is 4.61. The van der Waals surface area contributed by atoms with E-state index in [-0.39, 0.29) is 24.3 Å². The first kappa shape index (κ1) is 19.0. The van der Waals surface area contributed by atoms with Gasteiger partial charge in [-0.3, -0.25) is 19.6 Å². The summed E-state index contributed by atoms with van der Waals surface area (Å²) in [6.07, 6.45) is 5.23. The van der Waals surface area contributed by atoms with Crippen LogP contribution in [-0.4, -0.2) is 53.5 Å². The van der Waals surface area contributed by atoms with Crippen LogP contribution in [0.4, 0.5) is 5.69 Å². The standard InChI is InChI=1S/C20H24N4O3/c1-14(25)23-17-7-3-5-15(11-17)19-20(22-9-8-21-19)16-6-4-10-24(12-16)18(26)13-27-2/h3,5,7-9,11,16H,4,6,10,12-13H2,1-2H3,(H,23,25)/t16-/m0/s1. The molecule has 0 saturated carbocycles. The minimum atomic E-state index is -0.119.